The van der Waals surface area contributed by atoms with Crippen molar-refractivity contribution < 1.29 is 36.9 Å². The summed E-state index contributed by atoms with van der Waals surface area (Å²) in [5, 5.41) is 3.58. The second-order valence-corrected chi connectivity index (χ2v) is 13.3. The van der Waals surface area contributed by atoms with E-state index in [4.69, 9.17) is 23.9 Å². The quantitative estimate of drug-likeness (QED) is 0.151. The van der Waals surface area contributed by atoms with E-state index in [9.17, 15) is 18.0 Å². The van der Waals surface area contributed by atoms with Crippen LogP contribution in [0.2, 0.25) is 0 Å². The van der Waals surface area contributed by atoms with E-state index < -0.39 is 12.8 Å². The van der Waals surface area contributed by atoms with Crippen LogP contribution in [0.15, 0.2) is 66.7 Å². The summed E-state index contributed by atoms with van der Waals surface area (Å²) in [6, 6.07) is 21.7. The van der Waals surface area contributed by atoms with Crippen LogP contribution in [0.3, 0.4) is 0 Å². The number of benzene rings is 3. The molecule has 2 saturated heterocycles. The van der Waals surface area contributed by atoms with Gasteiger partial charge in [-0.2, -0.15) is 13.2 Å². The number of para-hydroxylation sites is 2. The first-order chi connectivity index (χ1) is 24.6. The van der Waals surface area contributed by atoms with Crippen LogP contribution >= 0.6 is 0 Å². The number of piperidine rings is 1. The average molecular weight is 710 g/mol. The van der Waals surface area contributed by atoms with Crippen LogP contribution in [0.5, 0.6) is 17.2 Å². The number of anilines is 1. The number of hydrogen-bond acceptors (Lipinski definition) is 8. The minimum Gasteiger partial charge on any atom is -0.493 e. The van der Waals surface area contributed by atoms with Crippen molar-refractivity contribution >= 4 is 22.9 Å². The number of carbonyl (C=O) groups excluding carboxylic acids is 1. The third-order valence-corrected chi connectivity index (χ3v) is 10.1. The zero-order chi connectivity index (χ0) is 36.0. The highest BCUT2D eigenvalue weighted by atomic mass is 19.4. The Morgan fingerprint density at radius 1 is 0.922 bits per heavy atom. The number of hydrogen-bond donors (Lipinski definition) is 1. The number of rotatable bonds is 14. The van der Waals surface area contributed by atoms with Crippen molar-refractivity contribution in [2.24, 2.45) is 0 Å². The molecule has 13 heteroatoms. The maximum atomic E-state index is 13.9. The van der Waals surface area contributed by atoms with Crippen molar-refractivity contribution in [3.8, 4) is 17.2 Å². The predicted molar refractivity (Wildman–Crippen MR) is 189 cm³/mol. The van der Waals surface area contributed by atoms with E-state index >= 15 is 0 Å². The lowest BCUT2D eigenvalue weighted by molar-refractivity contribution is -0.174. The van der Waals surface area contributed by atoms with Gasteiger partial charge in [0.2, 0.25) is 11.7 Å². The Labute approximate surface area is 296 Å². The fourth-order valence-electron chi connectivity index (χ4n) is 7.42. The van der Waals surface area contributed by atoms with Crippen LogP contribution < -0.4 is 19.5 Å². The normalized spacial score (nSPS) is 18.7. The minimum absolute atomic E-state index is 0.0678. The molecule has 4 aromatic rings. The first-order valence-electron chi connectivity index (χ1n) is 17.4. The molecule has 0 spiro atoms. The van der Waals surface area contributed by atoms with Gasteiger partial charge in [0.05, 0.1) is 39.0 Å². The Kier molecular flexibility index (Phi) is 11.3. The van der Waals surface area contributed by atoms with Gasteiger partial charge in [0.1, 0.15) is 6.61 Å². The number of methoxy groups -OCH3 is 3. The largest absolute Gasteiger partial charge is 0.493 e. The summed E-state index contributed by atoms with van der Waals surface area (Å²) in [5.41, 5.74) is 3.18. The van der Waals surface area contributed by atoms with Crippen molar-refractivity contribution in [1.29, 1.82) is 0 Å². The molecule has 0 radical (unpaired) electrons. The Hall–Kier alpha value is -4.49. The molecule has 51 heavy (non-hydrogen) atoms. The van der Waals surface area contributed by atoms with E-state index in [1.165, 1.54) is 12.7 Å². The SMILES string of the molecule is COc1cc(C(=O)N2CCC(CCN3CCC(Nc4nc5ccccc5n4CCOCC(F)(F)F)CC3)(c3ccccc3)C2)cc(OC)c1OC. The van der Waals surface area contributed by atoms with Gasteiger partial charge in [0.15, 0.2) is 11.5 Å². The lowest BCUT2D eigenvalue weighted by atomic mass is 9.76. The number of imidazole rings is 1. The average Bonchev–Trinajstić information content (AvgIpc) is 3.74. The van der Waals surface area contributed by atoms with Crippen LogP contribution in [0, 0.1) is 0 Å². The van der Waals surface area contributed by atoms with E-state index in [1.807, 2.05) is 39.8 Å². The van der Waals surface area contributed by atoms with Gasteiger partial charge in [-0.05, 0) is 62.1 Å². The summed E-state index contributed by atoms with van der Waals surface area (Å²) in [6.45, 7) is 2.85. The van der Waals surface area contributed by atoms with Crippen LogP contribution in [0.4, 0.5) is 19.1 Å². The van der Waals surface area contributed by atoms with Crippen LogP contribution in [0.25, 0.3) is 11.0 Å². The highest BCUT2D eigenvalue weighted by Gasteiger charge is 2.42. The van der Waals surface area contributed by atoms with Gasteiger partial charge in [-0.15, -0.1) is 0 Å². The molecule has 3 aromatic carbocycles. The second-order valence-electron chi connectivity index (χ2n) is 13.3. The molecule has 3 heterocycles. The summed E-state index contributed by atoms with van der Waals surface area (Å²) in [7, 11) is 4.62. The smallest absolute Gasteiger partial charge is 0.411 e. The zero-order valence-electron chi connectivity index (χ0n) is 29.4. The monoisotopic (exact) mass is 709 g/mol. The Morgan fingerprint density at radius 3 is 2.27 bits per heavy atom. The van der Waals surface area contributed by atoms with Crippen molar-refractivity contribution in [2.45, 2.75) is 49.9 Å². The third-order valence-electron chi connectivity index (χ3n) is 10.1. The summed E-state index contributed by atoms with van der Waals surface area (Å²) in [6.07, 6.45) is -0.798. The third kappa shape index (κ3) is 8.36. The first-order valence-corrected chi connectivity index (χ1v) is 17.4. The number of amides is 1. The predicted octanol–water partition coefficient (Wildman–Crippen LogP) is 6.39. The van der Waals surface area contributed by atoms with Gasteiger partial charge in [0.25, 0.3) is 5.91 Å². The molecule has 0 saturated carbocycles. The zero-order valence-corrected chi connectivity index (χ0v) is 29.4. The number of nitrogens with one attached hydrogen (secondary N) is 1. The van der Waals surface area contributed by atoms with E-state index in [-0.39, 0.29) is 30.5 Å². The van der Waals surface area contributed by atoms with E-state index in [1.54, 1.807) is 26.4 Å². The maximum absolute atomic E-state index is 13.9. The number of carbonyl (C=O) groups is 1. The van der Waals surface area contributed by atoms with E-state index in [0.29, 0.717) is 41.8 Å². The van der Waals surface area contributed by atoms with Gasteiger partial charge in [-0.3, -0.25) is 4.79 Å². The molecule has 2 fully saturated rings. The summed E-state index contributed by atoms with van der Waals surface area (Å²) in [5.74, 6) is 1.91. The Balaban J connectivity index is 1.09. The molecule has 1 unspecified atom stereocenters. The molecular formula is C38H46F3N5O5. The topological polar surface area (TPSA) is 90.3 Å². The van der Waals surface area contributed by atoms with Crippen molar-refractivity contribution in [1.82, 2.24) is 19.4 Å². The number of aromatic nitrogens is 2. The molecule has 0 aliphatic carbocycles. The molecule has 2 aliphatic heterocycles. The number of alkyl halides is 3. The lowest BCUT2D eigenvalue weighted by Crippen LogP contribution is -2.42. The molecule has 1 N–H and O–H groups in total. The molecule has 0 bridgehead atoms. The summed E-state index contributed by atoms with van der Waals surface area (Å²) < 4.78 is 61.2. The molecule has 1 amide bonds. The molecular weight excluding hydrogens is 663 g/mol. The molecule has 1 atom stereocenters. The van der Waals surface area contributed by atoms with Crippen LogP contribution in [-0.4, -0.2) is 105 Å². The maximum Gasteiger partial charge on any atom is 0.411 e. The van der Waals surface area contributed by atoms with Gasteiger partial charge < -0.3 is 38.6 Å². The van der Waals surface area contributed by atoms with E-state index in [0.717, 1.165) is 56.4 Å². The standard InChI is InChI=1S/C38H46F3N5O5/c1-48-32-23-27(24-33(49-2)34(32)50-3)35(47)45-20-16-37(25-45,28-9-5-4-6-10-28)15-19-44-17-13-29(14-18-44)42-36-43-30-11-7-8-12-31(30)46(36)21-22-51-26-38(39,40)41/h4-12,23-24,29H,13-22,25-26H2,1-3H3,(H,42,43). The van der Waals surface area contributed by atoms with Crippen molar-refractivity contribution in [3.63, 3.8) is 0 Å². The molecule has 10 nitrogen and oxygen atoms in total. The number of nitrogens with zero attached hydrogens (tertiary/aromatic N) is 4. The van der Waals surface area contributed by atoms with Gasteiger partial charge >= 0.3 is 6.18 Å². The number of ether oxygens (including phenoxy) is 4. The van der Waals surface area contributed by atoms with Gasteiger partial charge in [-0.25, -0.2) is 4.98 Å². The summed E-state index contributed by atoms with van der Waals surface area (Å²) in [4.78, 5) is 23.1. The highest BCUT2D eigenvalue weighted by molar-refractivity contribution is 5.96. The Bertz CT molecular complexity index is 1750. The fourth-order valence-corrected chi connectivity index (χ4v) is 7.42. The van der Waals surface area contributed by atoms with Crippen LogP contribution in [0.1, 0.15) is 41.6 Å². The molecule has 1 aromatic heterocycles. The molecule has 6 rings (SSSR count). The Morgan fingerprint density at radius 2 is 1.61 bits per heavy atom. The van der Waals surface area contributed by atoms with Gasteiger partial charge in [0, 0.05) is 49.7 Å². The minimum atomic E-state index is -4.36. The molecule has 274 valence electrons. The lowest BCUT2D eigenvalue weighted by Gasteiger charge is -2.36. The molecule has 2 aliphatic rings. The number of fused-ring (bicyclic) bond motifs is 1. The second kappa shape index (κ2) is 15.8. The highest BCUT2D eigenvalue weighted by Crippen LogP contribution is 2.41. The van der Waals surface area contributed by atoms with Crippen LogP contribution in [-0.2, 0) is 16.7 Å². The first kappa shape index (κ1) is 36.3. The number of likely N-dealkylation sites (tertiary alicyclic amines) is 2. The van der Waals surface area contributed by atoms with Crippen molar-refractivity contribution in [2.75, 3.05) is 72.6 Å². The van der Waals surface area contributed by atoms with Gasteiger partial charge in [-0.1, -0.05) is 42.5 Å². The van der Waals surface area contributed by atoms with Crippen molar-refractivity contribution in [3.05, 3.63) is 77.9 Å². The fraction of sp³-hybridized carbons (Fsp3) is 0.474. The van der Waals surface area contributed by atoms with E-state index in [2.05, 4.69) is 34.5 Å². The number of halogens is 3. The summed E-state index contributed by atoms with van der Waals surface area (Å²) >= 11 is 0.